The highest BCUT2D eigenvalue weighted by atomic mass is 16.6. The van der Waals surface area contributed by atoms with Crippen LogP contribution in [0.15, 0.2) is 29.5 Å². The SMILES string of the molecule is CCOCCOC(=O)C1=C(C)NC(=O)NC1c1ccc(O)c([N+](=O)[O-])c1. The molecule has 0 saturated heterocycles. The van der Waals surface area contributed by atoms with Crippen molar-refractivity contribution in [1.82, 2.24) is 10.6 Å². The first-order valence-corrected chi connectivity index (χ1v) is 7.85. The van der Waals surface area contributed by atoms with Crippen LogP contribution in [0.3, 0.4) is 0 Å². The number of hydrogen-bond donors (Lipinski definition) is 3. The molecule has 1 aliphatic rings. The highest BCUT2D eigenvalue weighted by molar-refractivity contribution is 5.95. The van der Waals surface area contributed by atoms with Gasteiger partial charge in [-0.2, -0.15) is 0 Å². The number of esters is 1. The van der Waals surface area contributed by atoms with Gasteiger partial charge in [0.1, 0.15) is 6.61 Å². The molecule has 2 amide bonds. The fourth-order valence-corrected chi connectivity index (χ4v) is 2.50. The summed E-state index contributed by atoms with van der Waals surface area (Å²) in [5.74, 6) is -1.20. The molecule has 1 atom stereocenters. The molecule has 1 heterocycles. The number of nitro benzene ring substituents is 1. The zero-order valence-electron chi connectivity index (χ0n) is 14.3. The monoisotopic (exact) mass is 365 g/mol. The molecule has 2 rings (SSSR count). The summed E-state index contributed by atoms with van der Waals surface area (Å²) in [6, 6.07) is 2.11. The van der Waals surface area contributed by atoms with E-state index in [9.17, 15) is 24.8 Å². The Morgan fingerprint density at radius 1 is 1.38 bits per heavy atom. The number of carbonyl (C=O) groups excluding carboxylic acids is 2. The average Bonchev–Trinajstić information content (AvgIpc) is 2.58. The van der Waals surface area contributed by atoms with Crippen molar-refractivity contribution in [2.75, 3.05) is 19.8 Å². The third kappa shape index (κ3) is 4.28. The number of nitrogens with zero attached hydrogens (tertiary/aromatic N) is 1. The van der Waals surface area contributed by atoms with Crippen molar-refractivity contribution in [3.05, 3.63) is 45.1 Å². The Bertz CT molecular complexity index is 760. The first-order chi connectivity index (χ1) is 12.3. The maximum atomic E-state index is 12.4. The second-order valence-corrected chi connectivity index (χ2v) is 5.41. The van der Waals surface area contributed by atoms with Gasteiger partial charge in [0.2, 0.25) is 0 Å². The second kappa shape index (κ2) is 8.30. The number of phenolic OH excluding ortho intramolecular Hbond substituents is 1. The van der Waals surface area contributed by atoms with Crippen molar-refractivity contribution in [2.45, 2.75) is 19.9 Å². The van der Waals surface area contributed by atoms with E-state index in [-0.39, 0.29) is 30.0 Å². The van der Waals surface area contributed by atoms with Gasteiger partial charge in [0, 0.05) is 18.4 Å². The van der Waals surface area contributed by atoms with Crippen LogP contribution in [0.4, 0.5) is 10.5 Å². The number of carbonyl (C=O) groups is 2. The summed E-state index contributed by atoms with van der Waals surface area (Å²) in [7, 11) is 0. The average molecular weight is 365 g/mol. The van der Waals surface area contributed by atoms with Crippen LogP contribution < -0.4 is 10.6 Å². The lowest BCUT2D eigenvalue weighted by Gasteiger charge is -2.28. The van der Waals surface area contributed by atoms with Crippen LogP contribution >= 0.6 is 0 Å². The van der Waals surface area contributed by atoms with Gasteiger partial charge < -0.3 is 25.2 Å². The van der Waals surface area contributed by atoms with Gasteiger partial charge in [-0.1, -0.05) is 6.07 Å². The zero-order chi connectivity index (χ0) is 19.3. The van der Waals surface area contributed by atoms with Gasteiger partial charge in [-0.05, 0) is 25.5 Å². The Morgan fingerprint density at radius 2 is 2.12 bits per heavy atom. The maximum absolute atomic E-state index is 12.4. The van der Waals surface area contributed by atoms with E-state index in [0.717, 1.165) is 12.1 Å². The molecular weight excluding hydrogens is 346 g/mol. The molecule has 0 aliphatic carbocycles. The summed E-state index contributed by atoms with van der Waals surface area (Å²) in [6.07, 6.45) is 0. The third-order valence-corrected chi connectivity index (χ3v) is 3.68. The zero-order valence-corrected chi connectivity index (χ0v) is 14.3. The van der Waals surface area contributed by atoms with E-state index in [2.05, 4.69) is 10.6 Å². The molecule has 10 heteroatoms. The minimum atomic E-state index is -0.956. The topological polar surface area (TPSA) is 140 Å². The standard InChI is InChI=1S/C16H19N3O7/c1-3-25-6-7-26-15(21)13-9(2)17-16(22)18-14(13)10-4-5-12(20)11(8-10)19(23)24/h4-5,8,14,20H,3,6-7H2,1-2H3,(H2,17,18,22). The highest BCUT2D eigenvalue weighted by Crippen LogP contribution is 2.33. The Labute approximate surface area is 148 Å². The highest BCUT2D eigenvalue weighted by Gasteiger charge is 2.33. The van der Waals surface area contributed by atoms with Gasteiger partial charge in [0.15, 0.2) is 5.75 Å². The van der Waals surface area contributed by atoms with Crippen LogP contribution in [0.5, 0.6) is 5.75 Å². The molecule has 0 aromatic heterocycles. The number of ether oxygens (including phenoxy) is 2. The second-order valence-electron chi connectivity index (χ2n) is 5.41. The number of urea groups is 1. The molecule has 0 spiro atoms. The molecule has 0 fully saturated rings. The molecule has 10 nitrogen and oxygen atoms in total. The largest absolute Gasteiger partial charge is 0.502 e. The van der Waals surface area contributed by atoms with Crippen LogP contribution in [-0.4, -0.2) is 41.9 Å². The number of allylic oxidation sites excluding steroid dienone is 1. The smallest absolute Gasteiger partial charge is 0.338 e. The number of amides is 2. The molecule has 140 valence electrons. The van der Waals surface area contributed by atoms with E-state index in [1.165, 1.54) is 13.0 Å². The quantitative estimate of drug-likeness (QED) is 0.288. The molecule has 1 aromatic carbocycles. The lowest BCUT2D eigenvalue weighted by molar-refractivity contribution is -0.385. The molecule has 1 aromatic rings. The van der Waals surface area contributed by atoms with E-state index in [0.29, 0.717) is 6.61 Å². The summed E-state index contributed by atoms with van der Waals surface area (Å²) < 4.78 is 10.2. The molecule has 1 unspecified atom stereocenters. The number of nitro groups is 1. The number of aromatic hydroxyl groups is 1. The van der Waals surface area contributed by atoms with Crippen molar-refractivity contribution in [3.8, 4) is 5.75 Å². The maximum Gasteiger partial charge on any atom is 0.338 e. The lowest BCUT2D eigenvalue weighted by atomic mass is 9.95. The number of rotatable bonds is 7. The van der Waals surface area contributed by atoms with E-state index in [1.54, 1.807) is 0 Å². The Balaban J connectivity index is 2.33. The number of benzene rings is 1. The van der Waals surface area contributed by atoms with Gasteiger partial charge >= 0.3 is 17.7 Å². The van der Waals surface area contributed by atoms with E-state index >= 15 is 0 Å². The van der Waals surface area contributed by atoms with Crippen molar-refractivity contribution in [2.24, 2.45) is 0 Å². The van der Waals surface area contributed by atoms with Crippen LogP contribution in [-0.2, 0) is 14.3 Å². The summed E-state index contributed by atoms with van der Waals surface area (Å²) in [6.45, 7) is 4.07. The molecule has 0 radical (unpaired) electrons. The molecular formula is C16H19N3O7. The fraction of sp³-hybridized carbons (Fsp3) is 0.375. The number of nitrogens with one attached hydrogen (secondary N) is 2. The van der Waals surface area contributed by atoms with Crippen molar-refractivity contribution < 1.29 is 29.1 Å². The van der Waals surface area contributed by atoms with E-state index in [1.807, 2.05) is 6.92 Å². The molecule has 26 heavy (non-hydrogen) atoms. The predicted molar refractivity (Wildman–Crippen MR) is 89.3 cm³/mol. The Hall–Kier alpha value is -3.14. The molecule has 3 N–H and O–H groups in total. The van der Waals surface area contributed by atoms with Crippen molar-refractivity contribution >= 4 is 17.7 Å². The van der Waals surface area contributed by atoms with E-state index in [4.69, 9.17) is 9.47 Å². The fourth-order valence-electron chi connectivity index (χ4n) is 2.50. The van der Waals surface area contributed by atoms with Crippen LogP contribution in [0, 0.1) is 10.1 Å². The van der Waals surface area contributed by atoms with E-state index < -0.39 is 34.4 Å². The number of hydrogen-bond acceptors (Lipinski definition) is 7. The number of phenols is 1. The van der Waals surface area contributed by atoms with Crippen LogP contribution in [0.25, 0.3) is 0 Å². The lowest BCUT2D eigenvalue weighted by Crippen LogP contribution is -2.45. The first kappa shape index (κ1) is 19.2. The Kier molecular flexibility index (Phi) is 6.12. The summed E-state index contributed by atoms with van der Waals surface area (Å²) >= 11 is 0. The summed E-state index contributed by atoms with van der Waals surface area (Å²) in [5, 5.41) is 25.6. The van der Waals surface area contributed by atoms with Crippen molar-refractivity contribution in [1.29, 1.82) is 0 Å². The molecule has 1 aliphatic heterocycles. The summed E-state index contributed by atoms with van der Waals surface area (Å²) in [4.78, 5) is 34.5. The predicted octanol–water partition coefficient (Wildman–Crippen LogP) is 1.51. The minimum Gasteiger partial charge on any atom is -0.502 e. The minimum absolute atomic E-state index is 0.0276. The van der Waals surface area contributed by atoms with Crippen LogP contribution in [0.2, 0.25) is 0 Å². The molecule has 0 saturated carbocycles. The third-order valence-electron chi connectivity index (χ3n) is 3.68. The Morgan fingerprint density at radius 3 is 2.77 bits per heavy atom. The van der Waals surface area contributed by atoms with Gasteiger partial charge in [-0.3, -0.25) is 10.1 Å². The van der Waals surface area contributed by atoms with Gasteiger partial charge in [0.05, 0.1) is 23.1 Å². The van der Waals surface area contributed by atoms with Gasteiger partial charge in [-0.15, -0.1) is 0 Å². The molecule has 0 bridgehead atoms. The first-order valence-electron chi connectivity index (χ1n) is 7.85. The van der Waals surface area contributed by atoms with Gasteiger partial charge in [-0.25, -0.2) is 9.59 Å². The summed E-state index contributed by atoms with van der Waals surface area (Å²) in [5.41, 5.74) is 0.120. The normalized spacial score (nSPS) is 16.7. The van der Waals surface area contributed by atoms with Crippen molar-refractivity contribution in [3.63, 3.8) is 0 Å². The van der Waals surface area contributed by atoms with Crippen LogP contribution in [0.1, 0.15) is 25.5 Å². The van der Waals surface area contributed by atoms with Gasteiger partial charge in [0.25, 0.3) is 0 Å².